The summed E-state index contributed by atoms with van der Waals surface area (Å²) in [4.78, 5) is 12.8. The Kier molecular flexibility index (Phi) is 7.40. The second-order valence-electron chi connectivity index (χ2n) is 6.24. The Morgan fingerprint density at radius 3 is 2.62 bits per heavy atom. The summed E-state index contributed by atoms with van der Waals surface area (Å²) in [7, 11) is -3.27. The van der Waals surface area contributed by atoms with Crippen LogP contribution >= 0.6 is 0 Å². The molecule has 1 N–H and O–H groups in total. The maximum Gasteiger partial charge on any atom is 0.490 e. The summed E-state index contributed by atoms with van der Waals surface area (Å²) in [5.41, 5.74) is 0. The van der Waals surface area contributed by atoms with Gasteiger partial charge in [-0.15, -0.1) is 0 Å². The average molecular weight is 444 g/mol. The number of alkyl halides is 3. The monoisotopic (exact) mass is 444 g/mol. The molecule has 29 heavy (non-hydrogen) atoms. The van der Waals surface area contributed by atoms with Crippen LogP contribution in [0.4, 0.5) is 17.6 Å². The van der Waals surface area contributed by atoms with Crippen LogP contribution < -0.4 is 4.74 Å². The minimum Gasteiger partial charge on any atom is -0.475 e. The summed E-state index contributed by atoms with van der Waals surface area (Å²) in [5, 5.41) is 7.12. The number of carboxylic acids is 1. The zero-order chi connectivity index (χ0) is 21.8. The van der Waals surface area contributed by atoms with Crippen molar-refractivity contribution >= 4 is 16.0 Å². The molecule has 1 aliphatic carbocycles. The molecule has 0 amide bonds. The number of hydrogen-bond donors (Lipinski definition) is 1. The third-order valence-electron chi connectivity index (χ3n) is 4.44. The minimum atomic E-state index is -5.08. The summed E-state index contributed by atoms with van der Waals surface area (Å²) < 4.78 is 82.6. The van der Waals surface area contributed by atoms with Gasteiger partial charge in [0.05, 0.1) is 18.4 Å². The lowest BCUT2D eigenvalue weighted by atomic mass is 10.1. The van der Waals surface area contributed by atoms with Crippen LogP contribution in [0.1, 0.15) is 19.8 Å². The molecule has 0 spiro atoms. The van der Waals surface area contributed by atoms with Crippen LogP contribution in [0.2, 0.25) is 0 Å². The number of nitrogens with zero attached hydrogens (tertiary/aromatic N) is 2. The first kappa shape index (κ1) is 23.3. The highest BCUT2D eigenvalue weighted by Gasteiger charge is 2.47. The maximum absolute atomic E-state index is 13.7. The molecule has 1 aromatic rings. The molecule has 2 heterocycles. The number of carboxylic acid groups (broad SMARTS) is 1. The zero-order valence-electron chi connectivity index (χ0n) is 15.3. The lowest BCUT2D eigenvalue weighted by Crippen LogP contribution is -2.54. The molecular weight excluding hydrogens is 424 g/mol. The largest absolute Gasteiger partial charge is 0.490 e. The molecule has 2 fully saturated rings. The number of halogens is 4. The highest BCUT2D eigenvalue weighted by Crippen LogP contribution is 2.34. The normalized spacial score (nSPS) is 24.9. The van der Waals surface area contributed by atoms with Crippen LogP contribution in [0.15, 0.2) is 18.3 Å². The Bertz CT molecular complexity index is 820. The van der Waals surface area contributed by atoms with E-state index in [0.717, 1.165) is 0 Å². The number of morpholine rings is 1. The topological polar surface area (TPSA) is 106 Å². The van der Waals surface area contributed by atoms with Gasteiger partial charge in [-0.2, -0.15) is 17.5 Å². The highest BCUT2D eigenvalue weighted by atomic mass is 32.2. The van der Waals surface area contributed by atoms with Crippen molar-refractivity contribution in [2.45, 2.75) is 44.2 Å². The number of sulfonamides is 1. The van der Waals surface area contributed by atoms with Crippen molar-refractivity contribution in [1.82, 2.24) is 9.29 Å². The lowest BCUT2D eigenvalue weighted by molar-refractivity contribution is -0.192. The van der Waals surface area contributed by atoms with Gasteiger partial charge in [-0.1, -0.05) is 0 Å². The first-order chi connectivity index (χ1) is 13.5. The number of aromatic nitrogens is 1. The third kappa shape index (κ3) is 5.76. The van der Waals surface area contributed by atoms with Crippen LogP contribution in [-0.4, -0.2) is 72.1 Å². The van der Waals surface area contributed by atoms with E-state index in [1.54, 1.807) is 6.92 Å². The van der Waals surface area contributed by atoms with E-state index in [-0.39, 0.29) is 29.9 Å². The molecule has 2 aliphatic rings. The fourth-order valence-corrected chi connectivity index (χ4v) is 4.44. The molecule has 0 aromatic carbocycles. The Labute approximate surface area is 164 Å². The van der Waals surface area contributed by atoms with Gasteiger partial charge in [0.1, 0.15) is 12.2 Å². The predicted molar refractivity (Wildman–Crippen MR) is 91.2 cm³/mol. The van der Waals surface area contributed by atoms with Gasteiger partial charge in [0.25, 0.3) is 5.88 Å². The molecule has 1 saturated carbocycles. The SMILES string of the molecule is CCS(=O)(=O)N1CCO[C@H]2[C@@H](Oc3ncccc3F)CC[C@@H]21.O=C(O)C(F)(F)F. The first-order valence-electron chi connectivity index (χ1n) is 8.65. The van der Waals surface area contributed by atoms with Crippen molar-refractivity contribution in [3.63, 3.8) is 0 Å². The predicted octanol–water partition coefficient (Wildman–Crippen LogP) is 1.81. The van der Waals surface area contributed by atoms with Crippen molar-refractivity contribution < 1.29 is 45.4 Å². The van der Waals surface area contributed by atoms with E-state index in [1.807, 2.05) is 0 Å². The summed E-state index contributed by atoms with van der Waals surface area (Å²) in [6.45, 7) is 2.32. The van der Waals surface area contributed by atoms with Crippen molar-refractivity contribution in [3.05, 3.63) is 24.1 Å². The van der Waals surface area contributed by atoms with E-state index < -0.39 is 28.0 Å². The van der Waals surface area contributed by atoms with E-state index in [2.05, 4.69) is 4.98 Å². The van der Waals surface area contributed by atoms with Crippen molar-refractivity contribution in [2.24, 2.45) is 0 Å². The van der Waals surface area contributed by atoms with Gasteiger partial charge in [0.2, 0.25) is 10.0 Å². The van der Waals surface area contributed by atoms with Crippen LogP contribution in [-0.2, 0) is 19.6 Å². The molecule has 3 rings (SSSR count). The quantitative estimate of drug-likeness (QED) is 0.706. The summed E-state index contributed by atoms with van der Waals surface area (Å²) in [5.74, 6) is -3.28. The molecule has 3 atom stereocenters. The Balaban J connectivity index is 0.000000370. The van der Waals surface area contributed by atoms with Gasteiger partial charge in [0.15, 0.2) is 5.82 Å². The molecule has 164 valence electrons. The molecule has 1 aliphatic heterocycles. The number of carbonyl (C=O) groups is 1. The van der Waals surface area contributed by atoms with Crippen molar-refractivity contribution in [1.29, 1.82) is 0 Å². The molecule has 8 nitrogen and oxygen atoms in total. The van der Waals surface area contributed by atoms with E-state index >= 15 is 0 Å². The fourth-order valence-electron chi connectivity index (χ4n) is 3.12. The molecule has 0 radical (unpaired) electrons. The number of rotatable bonds is 4. The Morgan fingerprint density at radius 1 is 1.41 bits per heavy atom. The van der Waals surface area contributed by atoms with E-state index in [1.165, 1.54) is 22.6 Å². The number of aliphatic carboxylic acids is 1. The molecule has 1 saturated heterocycles. The van der Waals surface area contributed by atoms with Gasteiger partial charge in [-0.05, 0) is 31.9 Å². The summed E-state index contributed by atoms with van der Waals surface area (Å²) in [6, 6.07) is 2.53. The van der Waals surface area contributed by atoms with Gasteiger partial charge in [0, 0.05) is 12.7 Å². The fraction of sp³-hybridized carbons (Fsp3) is 0.625. The zero-order valence-corrected chi connectivity index (χ0v) is 16.1. The number of pyridine rings is 1. The van der Waals surface area contributed by atoms with E-state index in [4.69, 9.17) is 19.4 Å². The van der Waals surface area contributed by atoms with Gasteiger partial charge in [-0.3, -0.25) is 0 Å². The van der Waals surface area contributed by atoms with E-state index in [0.29, 0.717) is 26.0 Å². The van der Waals surface area contributed by atoms with Crippen LogP contribution in [0.3, 0.4) is 0 Å². The second kappa shape index (κ2) is 9.22. The molecular formula is C16H20F4N2O6S. The van der Waals surface area contributed by atoms with Crippen LogP contribution in [0, 0.1) is 5.82 Å². The van der Waals surface area contributed by atoms with Crippen molar-refractivity contribution in [2.75, 3.05) is 18.9 Å². The second-order valence-corrected chi connectivity index (χ2v) is 8.45. The molecule has 13 heteroatoms. The maximum atomic E-state index is 13.7. The van der Waals surface area contributed by atoms with E-state index in [9.17, 15) is 26.0 Å². The smallest absolute Gasteiger partial charge is 0.475 e. The standard InChI is InChI=1S/C14H19FN2O4S.C2HF3O2/c1-2-22(18,19)17-8-9-20-13-11(17)5-6-12(13)21-14-10(15)4-3-7-16-14;3-2(4,5)1(6)7/h3-4,7,11-13H,2,5-6,8-9H2,1H3;(H,6,7)/t11-,12-,13+;/m0./s1. The first-order valence-corrected chi connectivity index (χ1v) is 10.3. The van der Waals surface area contributed by atoms with Crippen molar-refractivity contribution in [3.8, 4) is 5.88 Å². The number of fused-ring (bicyclic) bond motifs is 1. The van der Waals surface area contributed by atoms with Gasteiger partial charge >= 0.3 is 12.1 Å². The Hall–Kier alpha value is -1.99. The third-order valence-corrected chi connectivity index (χ3v) is 6.33. The minimum absolute atomic E-state index is 0.0628. The molecule has 0 bridgehead atoms. The lowest BCUT2D eigenvalue weighted by Gasteiger charge is -2.37. The Morgan fingerprint density at radius 2 is 2.07 bits per heavy atom. The summed E-state index contributed by atoms with van der Waals surface area (Å²) >= 11 is 0. The van der Waals surface area contributed by atoms with Gasteiger partial charge < -0.3 is 14.6 Å². The van der Waals surface area contributed by atoms with Crippen LogP contribution in [0.25, 0.3) is 0 Å². The molecule has 1 aromatic heterocycles. The summed E-state index contributed by atoms with van der Waals surface area (Å²) in [6.07, 6.45) is -3.13. The highest BCUT2D eigenvalue weighted by molar-refractivity contribution is 7.89. The average Bonchev–Trinajstić information content (AvgIpc) is 3.06. The molecule has 0 unspecified atom stereocenters. The van der Waals surface area contributed by atoms with Crippen LogP contribution in [0.5, 0.6) is 5.88 Å². The van der Waals surface area contributed by atoms with Gasteiger partial charge in [-0.25, -0.2) is 22.6 Å². The number of ether oxygens (including phenoxy) is 2. The number of hydrogen-bond acceptors (Lipinski definition) is 6.